The molecule has 90 valence electrons. The normalized spacial score (nSPS) is 12.6. The van der Waals surface area contributed by atoms with Gasteiger partial charge in [-0.15, -0.1) is 11.3 Å². The van der Waals surface area contributed by atoms with Crippen LogP contribution in [0.15, 0.2) is 35.7 Å². The molecule has 4 heteroatoms. The van der Waals surface area contributed by atoms with Crippen molar-refractivity contribution in [2.24, 2.45) is 0 Å². The summed E-state index contributed by atoms with van der Waals surface area (Å²) < 4.78 is 26.7. The number of benzene rings is 1. The zero-order chi connectivity index (χ0) is 12.3. The number of nitrogens with one attached hydrogen (secondary N) is 1. The third-order valence-electron chi connectivity index (χ3n) is 2.62. The van der Waals surface area contributed by atoms with E-state index in [1.54, 1.807) is 11.3 Å². The largest absolute Gasteiger partial charge is 0.305 e. The van der Waals surface area contributed by atoms with E-state index < -0.39 is 11.6 Å². The Bertz CT molecular complexity index is 462. The van der Waals surface area contributed by atoms with E-state index in [1.807, 2.05) is 24.4 Å². The van der Waals surface area contributed by atoms with Crippen molar-refractivity contribution in [2.75, 3.05) is 0 Å². The third-order valence-corrected chi connectivity index (χ3v) is 3.67. The maximum atomic E-state index is 13.4. The van der Waals surface area contributed by atoms with Gasteiger partial charge < -0.3 is 5.32 Å². The van der Waals surface area contributed by atoms with Crippen LogP contribution in [0.3, 0.4) is 0 Å². The number of hydrogen-bond donors (Lipinski definition) is 1. The van der Waals surface area contributed by atoms with Crippen LogP contribution < -0.4 is 5.32 Å². The van der Waals surface area contributed by atoms with Crippen molar-refractivity contribution in [3.05, 3.63) is 57.8 Å². The highest BCUT2D eigenvalue weighted by molar-refractivity contribution is 7.10. The first-order valence-electron chi connectivity index (χ1n) is 5.38. The van der Waals surface area contributed by atoms with Gasteiger partial charge in [-0.2, -0.15) is 0 Å². The fourth-order valence-corrected chi connectivity index (χ4v) is 2.35. The zero-order valence-electron chi connectivity index (χ0n) is 9.41. The molecule has 0 aliphatic carbocycles. The summed E-state index contributed by atoms with van der Waals surface area (Å²) in [7, 11) is 0. The van der Waals surface area contributed by atoms with Gasteiger partial charge in [-0.25, -0.2) is 8.78 Å². The van der Waals surface area contributed by atoms with E-state index >= 15 is 0 Å². The third kappa shape index (κ3) is 2.90. The van der Waals surface area contributed by atoms with Gasteiger partial charge in [0.15, 0.2) is 0 Å². The summed E-state index contributed by atoms with van der Waals surface area (Å²) in [6.45, 7) is 2.17. The van der Waals surface area contributed by atoms with E-state index in [-0.39, 0.29) is 18.2 Å². The predicted molar refractivity (Wildman–Crippen MR) is 65.9 cm³/mol. The molecule has 2 rings (SSSR count). The minimum absolute atomic E-state index is 0.0917. The molecule has 1 nitrogen and oxygen atoms in total. The Morgan fingerprint density at radius 1 is 1.18 bits per heavy atom. The standard InChI is InChI=1S/C13H13F2NS/c1-9(13-6-3-7-17-13)16-8-10-11(14)4-2-5-12(10)15/h2-7,9,16H,8H2,1H3/t9-/m1/s1. The second kappa shape index (κ2) is 5.38. The Morgan fingerprint density at radius 2 is 1.88 bits per heavy atom. The molecular formula is C13H13F2NS. The molecule has 0 saturated carbocycles. The summed E-state index contributed by atoms with van der Waals surface area (Å²) in [5.74, 6) is -1.01. The first kappa shape index (κ1) is 12.2. The van der Waals surface area contributed by atoms with Crippen LogP contribution in [0.1, 0.15) is 23.4 Å². The minimum Gasteiger partial charge on any atom is -0.305 e. The molecule has 0 spiro atoms. The second-order valence-corrected chi connectivity index (χ2v) is 4.80. The molecule has 0 aliphatic heterocycles. The molecule has 17 heavy (non-hydrogen) atoms. The lowest BCUT2D eigenvalue weighted by Gasteiger charge is -2.12. The zero-order valence-corrected chi connectivity index (χ0v) is 10.2. The van der Waals surface area contributed by atoms with E-state index in [1.165, 1.54) is 18.2 Å². The minimum atomic E-state index is -0.504. The number of rotatable bonds is 4. The lowest BCUT2D eigenvalue weighted by molar-refractivity contribution is 0.512. The molecule has 1 atom stereocenters. The van der Waals surface area contributed by atoms with Crippen molar-refractivity contribution in [3.8, 4) is 0 Å². The van der Waals surface area contributed by atoms with Crippen LogP contribution >= 0.6 is 11.3 Å². The number of halogens is 2. The van der Waals surface area contributed by atoms with Crippen molar-refractivity contribution in [1.82, 2.24) is 5.32 Å². The van der Waals surface area contributed by atoms with E-state index in [0.29, 0.717) is 0 Å². The van der Waals surface area contributed by atoms with Crippen molar-refractivity contribution in [2.45, 2.75) is 19.5 Å². The second-order valence-electron chi connectivity index (χ2n) is 3.82. The Labute approximate surface area is 103 Å². The highest BCUT2D eigenvalue weighted by Crippen LogP contribution is 2.19. The van der Waals surface area contributed by atoms with Gasteiger partial charge >= 0.3 is 0 Å². The summed E-state index contributed by atoms with van der Waals surface area (Å²) in [5, 5.41) is 5.10. The molecule has 1 N–H and O–H groups in total. The van der Waals surface area contributed by atoms with Gasteiger partial charge in [0.1, 0.15) is 11.6 Å². The molecule has 2 aromatic rings. The predicted octanol–water partition coefficient (Wildman–Crippen LogP) is 3.88. The Hall–Kier alpha value is -1.26. The summed E-state index contributed by atoms with van der Waals surface area (Å²) in [4.78, 5) is 1.15. The number of thiophene rings is 1. The quantitative estimate of drug-likeness (QED) is 0.872. The van der Waals surface area contributed by atoms with Crippen molar-refractivity contribution in [1.29, 1.82) is 0 Å². The lowest BCUT2D eigenvalue weighted by atomic mass is 10.2. The van der Waals surface area contributed by atoms with Crippen LogP contribution in [0.2, 0.25) is 0 Å². The van der Waals surface area contributed by atoms with Crippen molar-refractivity contribution < 1.29 is 8.78 Å². The molecule has 0 radical (unpaired) electrons. The van der Waals surface area contributed by atoms with Crippen LogP contribution in [0.4, 0.5) is 8.78 Å². The van der Waals surface area contributed by atoms with Gasteiger partial charge in [0.25, 0.3) is 0 Å². The highest BCUT2D eigenvalue weighted by Gasteiger charge is 2.11. The van der Waals surface area contributed by atoms with Crippen LogP contribution in [0.5, 0.6) is 0 Å². The van der Waals surface area contributed by atoms with Gasteiger partial charge in [0, 0.05) is 23.0 Å². The van der Waals surface area contributed by atoms with E-state index in [9.17, 15) is 8.78 Å². The van der Waals surface area contributed by atoms with Crippen LogP contribution in [0, 0.1) is 11.6 Å². The van der Waals surface area contributed by atoms with Gasteiger partial charge in [-0.05, 0) is 30.5 Å². The Morgan fingerprint density at radius 3 is 2.47 bits per heavy atom. The SMILES string of the molecule is C[C@@H](NCc1c(F)cccc1F)c1cccs1. The summed E-state index contributed by atoms with van der Waals surface area (Å²) in [5.41, 5.74) is 0.0934. The summed E-state index contributed by atoms with van der Waals surface area (Å²) in [6, 6.07) is 7.97. The monoisotopic (exact) mass is 253 g/mol. The molecular weight excluding hydrogens is 240 g/mol. The smallest absolute Gasteiger partial charge is 0.130 e. The topological polar surface area (TPSA) is 12.0 Å². The molecule has 1 aromatic heterocycles. The number of hydrogen-bond acceptors (Lipinski definition) is 2. The van der Waals surface area contributed by atoms with Crippen molar-refractivity contribution in [3.63, 3.8) is 0 Å². The molecule has 0 unspecified atom stereocenters. The maximum absolute atomic E-state index is 13.4. The van der Waals surface area contributed by atoms with E-state index in [0.717, 1.165) is 4.88 Å². The van der Waals surface area contributed by atoms with Gasteiger partial charge in [0.2, 0.25) is 0 Å². The van der Waals surface area contributed by atoms with Crippen molar-refractivity contribution >= 4 is 11.3 Å². The fourth-order valence-electron chi connectivity index (χ4n) is 1.59. The fraction of sp³-hybridized carbons (Fsp3) is 0.231. The van der Waals surface area contributed by atoms with E-state index in [4.69, 9.17) is 0 Å². The van der Waals surface area contributed by atoms with Gasteiger partial charge in [-0.1, -0.05) is 12.1 Å². The lowest BCUT2D eigenvalue weighted by Crippen LogP contribution is -2.18. The Kier molecular flexibility index (Phi) is 3.86. The molecule has 1 aromatic carbocycles. The first-order valence-corrected chi connectivity index (χ1v) is 6.26. The van der Waals surface area contributed by atoms with Gasteiger partial charge in [0.05, 0.1) is 0 Å². The average Bonchev–Trinajstić information content (AvgIpc) is 2.81. The molecule has 0 saturated heterocycles. The Balaban J connectivity index is 2.03. The molecule has 0 bridgehead atoms. The molecule has 0 aliphatic rings. The molecule has 0 amide bonds. The van der Waals surface area contributed by atoms with Gasteiger partial charge in [-0.3, -0.25) is 0 Å². The van der Waals surface area contributed by atoms with Crippen LogP contribution in [-0.4, -0.2) is 0 Å². The molecule has 0 fully saturated rings. The first-order chi connectivity index (χ1) is 8.18. The van der Waals surface area contributed by atoms with E-state index in [2.05, 4.69) is 5.32 Å². The molecule has 1 heterocycles. The average molecular weight is 253 g/mol. The summed E-state index contributed by atoms with van der Waals surface area (Å²) in [6.07, 6.45) is 0. The highest BCUT2D eigenvalue weighted by atomic mass is 32.1. The van der Waals surface area contributed by atoms with Crippen LogP contribution in [0.25, 0.3) is 0 Å². The summed E-state index contributed by atoms with van der Waals surface area (Å²) >= 11 is 1.62. The van der Waals surface area contributed by atoms with Crippen LogP contribution in [-0.2, 0) is 6.54 Å². The maximum Gasteiger partial charge on any atom is 0.130 e.